The third-order valence-corrected chi connectivity index (χ3v) is 4.21. The van der Waals surface area contributed by atoms with Gasteiger partial charge in [-0.1, -0.05) is 17.3 Å². The Hall–Kier alpha value is -1.20. The summed E-state index contributed by atoms with van der Waals surface area (Å²) in [6.07, 6.45) is 2.43. The molecule has 1 aromatic heterocycles. The minimum Gasteiger partial charge on any atom is -0.338 e. The lowest BCUT2D eigenvalue weighted by molar-refractivity contribution is 0.0934. The van der Waals surface area contributed by atoms with Crippen LogP contribution < -0.4 is 0 Å². The van der Waals surface area contributed by atoms with Crippen LogP contribution >= 0.6 is 0 Å². The van der Waals surface area contributed by atoms with Gasteiger partial charge in [0.1, 0.15) is 0 Å². The van der Waals surface area contributed by atoms with Crippen LogP contribution in [0.15, 0.2) is 16.7 Å². The van der Waals surface area contributed by atoms with Crippen LogP contribution in [0.2, 0.25) is 0 Å². The highest BCUT2D eigenvalue weighted by atomic mass is 16.5. The summed E-state index contributed by atoms with van der Waals surface area (Å²) in [6.45, 7) is 13.5. The maximum Gasteiger partial charge on any atom is 0.243 e. The highest BCUT2D eigenvalue weighted by Gasteiger charge is 2.31. The standard InChI is InChI=1S/C15H24N4O/c1-11(2)10-18-6-8-19(9-7-18)12(3)15-16-14(17-20-15)13-4-5-13/h12-13H,1,4-10H2,2-3H3. The Morgan fingerprint density at radius 3 is 2.65 bits per heavy atom. The van der Waals surface area contributed by atoms with Crippen molar-refractivity contribution in [2.75, 3.05) is 32.7 Å². The molecule has 0 N–H and O–H groups in total. The van der Waals surface area contributed by atoms with Gasteiger partial charge in [0.15, 0.2) is 5.82 Å². The lowest BCUT2D eigenvalue weighted by atomic mass is 10.2. The van der Waals surface area contributed by atoms with E-state index in [1.807, 2.05) is 0 Å². The van der Waals surface area contributed by atoms with E-state index in [-0.39, 0.29) is 6.04 Å². The summed E-state index contributed by atoms with van der Waals surface area (Å²) in [5, 5.41) is 4.11. The number of nitrogens with zero attached hydrogens (tertiary/aromatic N) is 4. The van der Waals surface area contributed by atoms with Crippen molar-refractivity contribution in [3.8, 4) is 0 Å². The number of rotatable bonds is 5. The molecule has 3 rings (SSSR count). The number of hydrogen-bond acceptors (Lipinski definition) is 5. The van der Waals surface area contributed by atoms with Crippen LogP contribution in [-0.2, 0) is 0 Å². The first-order chi connectivity index (χ1) is 9.63. The zero-order chi connectivity index (χ0) is 14.1. The zero-order valence-corrected chi connectivity index (χ0v) is 12.5. The van der Waals surface area contributed by atoms with Crippen molar-refractivity contribution in [2.45, 2.75) is 38.6 Å². The van der Waals surface area contributed by atoms with Crippen LogP contribution in [0.3, 0.4) is 0 Å². The molecule has 1 atom stereocenters. The summed E-state index contributed by atoms with van der Waals surface area (Å²) in [4.78, 5) is 9.45. The molecule has 0 spiro atoms. The van der Waals surface area contributed by atoms with E-state index in [1.165, 1.54) is 18.4 Å². The monoisotopic (exact) mass is 276 g/mol. The fraction of sp³-hybridized carbons (Fsp3) is 0.733. The molecular formula is C15H24N4O. The van der Waals surface area contributed by atoms with Crippen molar-refractivity contribution in [1.82, 2.24) is 19.9 Å². The number of hydrogen-bond donors (Lipinski definition) is 0. The summed E-state index contributed by atoms with van der Waals surface area (Å²) in [5.74, 6) is 2.25. The highest BCUT2D eigenvalue weighted by Crippen LogP contribution is 2.38. The van der Waals surface area contributed by atoms with Crippen molar-refractivity contribution in [2.24, 2.45) is 0 Å². The summed E-state index contributed by atoms with van der Waals surface area (Å²) in [5.41, 5.74) is 1.23. The Balaban J connectivity index is 1.55. The molecule has 1 unspecified atom stereocenters. The van der Waals surface area contributed by atoms with E-state index in [0.717, 1.165) is 44.4 Å². The third kappa shape index (κ3) is 3.10. The first-order valence-electron chi connectivity index (χ1n) is 7.58. The molecule has 1 aliphatic carbocycles. The second-order valence-electron chi connectivity index (χ2n) is 6.21. The van der Waals surface area contributed by atoms with Gasteiger partial charge in [-0.2, -0.15) is 4.98 Å². The van der Waals surface area contributed by atoms with Crippen LogP contribution in [0.4, 0.5) is 0 Å². The Morgan fingerprint density at radius 2 is 2.05 bits per heavy atom. The topological polar surface area (TPSA) is 45.4 Å². The van der Waals surface area contributed by atoms with Crippen LogP contribution in [0, 0.1) is 0 Å². The summed E-state index contributed by atoms with van der Waals surface area (Å²) in [6, 6.07) is 0.224. The Morgan fingerprint density at radius 1 is 1.35 bits per heavy atom. The van der Waals surface area contributed by atoms with Crippen molar-refractivity contribution < 1.29 is 4.52 Å². The molecule has 1 aromatic rings. The van der Waals surface area contributed by atoms with Gasteiger partial charge in [0, 0.05) is 38.6 Å². The molecule has 20 heavy (non-hydrogen) atoms. The summed E-state index contributed by atoms with van der Waals surface area (Å²) < 4.78 is 5.44. The Kier molecular flexibility index (Phi) is 3.89. The maximum absolute atomic E-state index is 5.44. The van der Waals surface area contributed by atoms with Gasteiger partial charge in [-0.25, -0.2) is 0 Å². The molecule has 0 bridgehead atoms. The van der Waals surface area contributed by atoms with Crippen LogP contribution in [-0.4, -0.2) is 52.7 Å². The van der Waals surface area contributed by atoms with Gasteiger partial charge >= 0.3 is 0 Å². The minimum atomic E-state index is 0.224. The van der Waals surface area contributed by atoms with E-state index in [1.54, 1.807) is 0 Å². The Labute approximate surface area is 120 Å². The molecule has 0 amide bonds. The van der Waals surface area contributed by atoms with Crippen molar-refractivity contribution in [3.05, 3.63) is 23.9 Å². The Bertz CT molecular complexity index is 472. The van der Waals surface area contributed by atoms with E-state index in [4.69, 9.17) is 4.52 Å². The SMILES string of the molecule is C=C(C)CN1CCN(C(C)c2nc(C3CC3)no2)CC1. The quantitative estimate of drug-likeness (QED) is 0.772. The zero-order valence-electron chi connectivity index (χ0n) is 12.5. The molecule has 5 heteroatoms. The molecular weight excluding hydrogens is 252 g/mol. The molecule has 2 fully saturated rings. The molecule has 110 valence electrons. The lowest BCUT2D eigenvalue weighted by Gasteiger charge is -2.36. The van der Waals surface area contributed by atoms with Crippen LogP contribution in [0.1, 0.15) is 50.4 Å². The first kappa shape index (κ1) is 13.8. The van der Waals surface area contributed by atoms with E-state index in [9.17, 15) is 0 Å². The van der Waals surface area contributed by atoms with Gasteiger partial charge in [-0.3, -0.25) is 9.80 Å². The first-order valence-corrected chi connectivity index (χ1v) is 7.58. The molecule has 0 aromatic carbocycles. The smallest absolute Gasteiger partial charge is 0.243 e. The molecule has 1 saturated carbocycles. The van der Waals surface area contributed by atoms with Gasteiger partial charge in [-0.15, -0.1) is 0 Å². The maximum atomic E-state index is 5.44. The summed E-state index contributed by atoms with van der Waals surface area (Å²) >= 11 is 0. The van der Waals surface area contributed by atoms with Crippen molar-refractivity contribution in [1.29, 1.82) is 0 Å². The second-order valence-corrected chi connectivity index (χ2v) is 6.21. The van der Waals surface area contributed by atoms with E-state index in [0.29, 0.717) is 5.92 Å². The molecule has 5 nitrogen and oxygen atoms in total. The minimum absolute atomic E-state index is 0.224. The van der Waals surface area contributed by atoms with Crippen LogP contribution in [0.5, 0.6) is 0 Å². The summed E-state index contributed by atoms with van der Waals surface area (Å²) in [7, 11) is 0. The fourth-order valence-electron chi connectivity index (χ4n) is 2.77. The van der Waals surface area contributed by atoms with Crippen molar-refractivity contribution >= 4 is 0 Å². The van der Waals surface area contributed by atoms with Gasteiger partial charge in [-0.05, 0) is 26.7 Å². The van der Waals surface area contributed by atoms with Crippen molar-refractivity contribution in [3.63, 3.8) is 0 Å². The van der Waals surface area contributed by atoms with Crippen LogP contribution in [0.25, 0.3) is 0 Å². The molecule has 1 aliphatic heterocycles. The van der Waals surface area contributed by atoms with Gasteiger partial charge in [0.2, 0.25) is 5.89 Å². The average Bonchev–Trinajstić information content (AvgIpc) is 3.16. The predicted molar refractivity (Wildman–Crippen MR) is 77.5 cm³/mol. The average molecular weight is 276 g/mol. The van der Waals surface area contributed by atoms with Gasteiger partial charge in [0.05, 0.1) is 6.04 Å². The molecule has 1 saturated heterocycles. The second kappa shape index (κ2) is 5.66. The fourth-order valence-corrected chi connectivity index (χ4v) is 2.77. The predicted octanol–water partition coefficient (Wildman–Crippen LogP) is 2.20. The number of aromatic nitrogens is 2. The van der Waals surface area contributed by atoms with E-state index >= 15 is 0 Å². The van der Waals surface area contributed by atoms with Gasteiger partial charge in [0.25, 0.3) is 0 Å². The normalized spacial score (nSPS) is 22.9. The van der Waals surface area contributed by atoms with E-state index in [2.05, 4.69) is 40.4 Å². The largest absolute Gasteiger partial charge is 0.338 e. The third-order valence-electron chi connectivity index (χ3n) is 4.21. The lowest BCUT2D eigenvalue weighted by Crippen LogP contribution is -2.47. The van der Waals surface area contributed by atoms with Gasteiger partial charge < -0.3 is 4.52 Å². The molecule has 2 aliphatic rings. The molecule has 0 radical (unpaired) electrons. The number of piperazine rings is 1. The van der Waals surface area contributed by atoms with E-state index < -0.39 is 0 Å². The molecule has 2 heterocycles. The highest BCUT2D eigenvalue weighted by molar-refractivity contribution is 5.05.